The van der Waals surface area contributed by atoms with Crippen LogP contribution in [0.25, 0.3) is 0 Å². The van der Waals surface area contributed by atoms with E-state index in [4.69, 9.17) is 5.11 Å². The van der Waals surface area contributed by atoms with Gasteiger partial charge in [0, 0.05) is 6.61 Å². The van der Waals surface area contributed by atoms with Gasteiger partial charge in [-0.3, -0.25) is 0 Å². The van der Waals surface area contributed by atoms with Crippen LogP contribution in [0.3, 0.4) is 0 Å². The van der Waals surface area contributed by atoms with Crippen LogP contribution >= 0.6 is 0 Å². The van der Waals surface area contributed by atoms with Crippen molar-refractivity contribution in [2.24, 2.45) is 0 Å². The minimum atomic E-state index is 0. The molecule has 0 atom stereocenters. The Hall–Kier alpha value is 1.56. The van der Waals surface area contributed by atoms with Gasteiger partial charge >= 0.3 is 51.4 Å². The summed E-state index contributed by atoms with van der Waals surface area (Å²) in [4.78, 5) is 0. The van der Waals surface area contributed by atoms with Crippen molar-refractivity contribution in [3.05, 3.63) is 0 Å². The third-order valence-corrected chi connectivity index (χ3v) is 0.224. The molecule has 0 aliphatic rings. The molecular formula is C3H11KO2. The molecule has 0 rings (SSSR count). The SMILES string of the molecule is CCCO.O.[H-].[K+]. The van der Waals surface area contributed by atoms with E-state index in [0.29, 0.717) is 6.61 Å². The molecule has 0 amide bonds. The number of hydrogen-bond donors (Lipinski definition) is 1. The van der Waals surface area contributed by atoms with Crippen LogP contribution in [0.1, 0.15) is 14.8 Å². The first-order valence-electron chi connectivity index (χ1n) is 1.52. The van der Waals surface area contributed by atoms with E-state index in [-0.39, 0.29) is 58.3 Å². The molecule has 0 fully saturated rings. The second-order valence-electron chi connectivity index (χ2n) is 0.724. The Bertz CT molecular complexity index is 14.9. The Morgan fingerprint density at radius 1 is 1.67 bits per heavy atom. The summed E-state index contributed by atoms with van der Waals surface area (Å²) in [6.45, 7) is 2.25. The van der Waals surface area contributed by atoms with Gasteiger partial charge in [-0.1, -0.05) is 6.92 Å². The number of aliphatic hydroxyl groups excluding tert-OH is 1. The minimum Gasteiger partial charge on any atom is -1.00 e. The number of rotatable bonds is 1. The molecule has 0 aromatic rings. The van der Waals surface area contributed by atoms with Gasteiger partial charge in [0.1, 0.15) is 0 Å². The monoisotopic (exact) mass is 118 g/mol. The van der Waals surface area contributed by atoms with Gasteiger partial charge in [0.2, 0.25) is 0 Å². The van der Waals surface area contributed by atoms with Gasteiger partial charge < -0.3 is 12.0 Å². The zero-order valence-corrected chi connectivity index (χ0v) is 7.48. The molecular weight excluding hydrogens is 107 g/mol. The largest absolute Gasteiger partial charge is 1.00 e. The zero-order valence-electron chi connectivity index (χ0n) is 5.36. The molecule has 0 radical (unpaired) electrons. The third kappa shape index (κ3) is 17.7. The Balaban J connectivity index is -0.0000000150. The average Bonchev–Trinajstić information content (AvgIpc) is 1.37. The maximum absolute atomic E-state index is 7.88. The predicted octanol–water partition coefficient (Wildman–Crippen LogP) is -3.32. The van der Waals surface area contributed by atoms with Crippen LogP contribution in [-0.2, 0) is 0 Å². The maximum Gasteiger partial charge on any atom is 1.00 e. The summed E-state index contributed by atoms with van der Waals surface area (Å²) in [5, 5.41) is 7.88. The van der Waals surface area contributed by atoms with Gasteiger partial charge in [-0.15, -0.1) is 0 Å². The Morgan fingerprint density at radius 3 is 1.83 bits per heavy atom. The van der Waals surface area contributed by atoms with Crippen molar-refractivity contribution < 1.29 is 63.4 Å². The summed E-state index contributed by atoms with van der Waals surface area (Å²) in [6.07, 6.45) is 0.875. The summed E-state index contributed by atoms with van der Waals surface area (Å²) >= 11 is 0. The van der Waals surface area contributed by atoms with Crippen molar-refractivity contribution in [3.8, 4) is 0 Å². The molecule has 0 saturated heterocycles. The molecule has 3 heteroatoms. The van der Waals surface area contributed by atoms with Crippen LogP contribution < -0.4 is 51.4 Å². The summed E-state index contributed by atoms with van der Waals surface area (Å²) < 4.78 is 0. The summed E-state index contributed by atoms with van der Waals surface area (Å²) in [6, 6.07) is 0. The quantitative estimate of drug-likeness (QED) is 0.360. The van der Waals surface area contributed by atoms with E-state index in [9.17, 15) is 0 Å². The van der Waals surface area contributed by atoms with Crippen molar-refractivity contribution >= 4 is 0 Å². The molecule has 0 aromatic heterocycles. The van der Waals surface area contributed by atoms with E-state index < -0.39 is 0 Å². The summed E-state index contributed by atoms with van der Waals surface area (Å²) in [5.74, 6) is 0. The topological polar surface area (TPSA) is 51.7 Å². The third-order valence-electron chi connectivity index (χ3n) is 0.224. The second kappa shape index (κ2) is 16.0. The molecule has 6 heavy (non-hydrogen) atoms. The van der Waals surface area contributed by atoms with E-state index in [1.54, 1.807) is 0 Å². The van der Waals surface area contributed by atoms with Gasteiger partial charge in [0.05, 0.1) is 0 Å². The van der Waals surface area contributed by atoms with Gasteiger partial charge in [-0.05, 0) is 6.42 Å². The van der Waals surface area contributed by atoms with Crippen LogP contribution in [-0.4, -0.2) is 17.2 Å². The number of hydrogen-bond acceptors (Lipinski definition) is 1. The van der Waals surface area contributed by atoms with E-state index in [1.807, 2.05) is 6.92 Å². The fraction of sp³-hybridized carbons (Fsp3) is 1.00. The van der Waals surface area contributed by atoms with Crippen molar-refractivity contribution in [1.29, 1.82) is 0 Å². The van der Waals surface area contributed by atoms with Crippen molar-refractivity contribution in [3.63, 3.8) is 0 Å². The first-order valence-corrected chi connectivity index (χ1v) is 1.52. The fourth-order valence-corrected chi connectivity index (χ4v) is 0. The average molecular weight is 118 g/mol. The fourth-order valence-electron chi connectivity index (χ4n) is 0. The van der Waals surface area contributed by atoms with Crippen molar-refractivity contribution in [2.75, 3.05) is 6.61 Å². The van der Waals surface area contributed by atoms with Crippen LogP contribution in [0.2, 0.25) is 0 Å². The summed E-state index contributed by atoms with van der Waals surface area (Å²) in [7, 11) is 0. The zero-order chi connectivity index (χ0) is 3.41. The molecule has 36 valence electrons. The van der Waals surface area contributed by atoms with E-state index in [1.165, 1.54) is 0 Å². The smallest absolute Gasteiger partial charge is 1.00 e. The van der Waals surface area contributed by atoms with Crippen molar-refractivity contribution in [2.45, 2.75) is 13.3 Å². The molecule has 2 nitrogen and oxygen atoms in total. The van der Waals surface area contributed by atoms with Crippen molar-refractivity contribution in [1.82, 2.24) is 0 Å². The molecule has 0 heterocycles. The van der Waals surface area contributed by atoms with E-state index >= 15 is 0 Å². The van der Waals surface area contributed by atoms with Gasteiger partial charge in [-0.2, -0.15) is 0 Å². The normalized spacial score (nSPS) is 5.00. The molecule has 0 unspecified atom stereocenters. The molecule has 0 spiro atoms. The van der Waals surface area contributed by atoms with E-state index in [0.717, 1.165) is 6.42 Å². The molecule has 3 N–H and O–H groups in total. The summed E-state index contributed by atoms with van der Waals surface area (Å²) in [5.41, 5.74) is 0. The van der Waals surface area contributed by atoms with E-state index in [2.05, 4.69) is 0 Å². The molecule has 0 aliphatic heterocycles. The molecule has 0 bridgehead atoms. The molecule has 0 aromatic carbocycles. The Kier molecular flexibility index (Phi) is 41.7. The van der Waals surface area contributed by atoms with Crippen LogP contribution in [0.5, 0.6) is 0 Å². The molecule has 0 saturated carbocycles. The van der Waals surface area contributed by atoms with Crippen LogP contribution in [0.4, 0.5) is 0 Å². The van der Waals surface area contributed by atoms with Crippen LogP contribution in [0, 0.1) is 0 Å². The maximum atomic E-state index is 7.88. The first kappa shape index (κ1) is 15.6. The van der Waals surface area contributed by atoms with Gasteiger partial charge in [0.25, 0.3) is 0 Å². The molecule has 0 aliphatic carbocycles. The predicted molar refractivity (Wildman–Crippen MR) is 22.1 cm³/mol. The number of aliphatic hydroxyl groups is 1. The first-order chi connectivity index (χ1) is 1.91. The minimum absolute atomic E-state index is 0. The van der Waals surface area contributed by atoms with Gasteiger partial charge in [-0.25, -0.2) is 0 Å². The second-order valence-corrected chi connectivity index (χ2v) is 0.724. The van der Waals surface area contributed by atoms with Gasteiger partial charge in [0.15, 0.2) is 0 Å². The standard InChI is InChI=1S/C3H8O.K.H2O.H/c1-2-3-4;;;/h4H,2-3H2,1H3;;1H2;/q;+1;;-1. The van der Waals surface area contributed by atoms with Crippen LogP contribution in [0.15, 0.2) is 0 Å². The Morgan fingerprint density at radius 2 is 1.83 bits per heavy atom. The Labute approximate surface area is 82.2 Å².